The molecule has 0 atom stereocenters. The topological polar surface area (TPSA) is 166 Å². The van der Waals surface area contributed by atoms with Crippen LogP contribution < -0.4 is 0 Å². The van der Waals surface area contributed by atoms with Gasteiger partial charge in [0.05, 0.1) is 0 Å². The van der Waals surface area contributed by atoms with Crippen molar-refractivity contribution in [1.29, 1.82) is 0 Å². The van der Waals surface area contributed by atoms with E-state index in [2.05, 4.69) is 0 Å². The van der Waals surface area contributed by atoms with Gasteiger partial charge in [-0.25, -0.2) is 0 Å². The van der Waals surface area contributed by atoms with Gasteiger partial charge in [0.15, 0.2) is 0 Å². The molecule has 0 saturated carbocycles. The van der Waals surface area contributed by atoms with Gasteiger partial charge in [-0.1, -0.05) is 0 Å². The zero-order chi connectivity index (χ0) is 11.0. The first kappa shape index (κ1) is 18.3. The third-order valence-corrected chi connectivity index (χ3v) is 0. The van der Waals surface area contributed by atoms with E-state index in [9.17, 15) is 0 Å². The molecule has 74 valence electrons. The Bertz CT molecular complexity index is 230. The van der Waals surface area contributed by atoms with E-state index in [1.807, 2.05) is 0 Å². The molecule has 0 aliphatic heterocycles. The minimum absolute atomic E-state index is 0. The van der Waals surface area contributed by atoms with Crippen LogP contribution in [0.5, 0.6) is 0 Å². The maximum atomic E-state index is 8.74. The molecule has 0 aliphatic rings. The fourth-order valence-electron chi connectivity index (χ4n) is 0. The summed E-state index contributed by atoms with van der Waals surface area (Å²) < 4.78 is 71.5. The van der Waals surface area contributed by atoms with Crippen LogP contribution in [-0.2, 0) is 48.3 Å². The van der Waals surface area contributed by atoms with E-state index in [0.29, 0.717) is 24.7 Å². The Balaban J connectivity index is -0.0000000292. The average Bonchev–Trinajstić information content (AvgIpc) is 1.59. The van der Waals surface area contributed by atoms with Gasteiger partial charge in [-0.15, -0.1) is 0 Å². The predicted molar refractivity (Wildman–Crippen MR) is 31.3 cm³/mol. The van der Waals surface area contributed by atoms with Gasteiger partial charge in [0, 0.05) is 0 Å². The summed E-state index contributed by atoms with van der Waals surface area (Å²) in [6.07, 6.45) is 0. The SMILES string of the molecule is O=S(=O)(O)O.O=S(=O)(O)O.[H+].[H+].[O]=[Zr]. The van der Waals surface area contributed by atoms with E-state index < -0.39 is 20.8 Å². The molecular weight excluding hydrogens is 299 g/mol. The van der Waals surface area contributed by atoms with E-state index in [1.54, 1.807) is 0 Å². The van der Waals surface area contributed by atoms with Crippen LogP contribution in [0.1, 0.15) is 2.85 Å². The molecule has 0 aromatic rings. The first-order chi connectivity index (χ1) is 5.00. The van der Waals surface area contributed by atoms with Crippen molar-refractivity contribution in [3.05, 3.63) is 0 Å². The van der Waals surface area contributed by atoms with E-state index in [0.717, 1.165) is 0 Å². The Morgan fingerprint density at radius 3 is 0.750 bits per heavy atom. The molecule has 0 amide bonds. The first-order valence-electron chi connectivity index (χ1n) is 1.60. The van der Waals surface area contributed by atoms with Crippen molar-refractivity contribution in [2.45, 2.75) is 0 Å². The molecular formula is H6O9S2Zr+2. The number of hydrogen-bond acceptors (Lipinski definition) is 5. The standard InChI is InChI=1S/2H2O4S.O.Zr/c2*1-5(2,3)4;;/h2*(H2,1,2,3,4);;/p+2. The maximum absolute atomic E-state index is 8.74. The monoisotopic (exact) mass is 304 g/mol. The van der Waals surface area contributed by atoms with Gasteiger partial charge < -0.3 is 0 Å². The minimum atomic E-state index is -4.67. The van der Waals surface area contributed by atoms with Crippen LogP contribution in [0.4, 0.5) is 0 Å². The number of rotatable bonds is 0. The van der Waals surface area contributed by atoms with Crippen molar-refractivity contribution in [1.82, 2.24) is 0 Å². The van der Waals surface area contributed by atoms with Crippen molar-refractivity contribution in [2.24, 2.45) is 0 Å². The molecule has 0 fully saturated rings. The molecule has 4 N–H and O–H groups in total. The average molecular weight is 305 g/mol. The molecule has 0 radical (unpaired) electrons. The van der Waals surface area contributed by atoms with Gasteiger partial charge >= 0.3 is 51.2 Å². The molecule has 0 aliphatic carbocycles. The van der Waals surface area contributed by atoms with Gasteiger partial charge in [0.2, 0.25) is 0 Å². The van der Waals surface area contributed by atoms with Gasteiger partial charge in [-0.05, 0) is 0 Å². The second-order valence-electron chi connectivity index (χ2n) is 0.896. The van der Waals surface area contributed by atoms with Gasteiger partial charge in [-0.3, -0.25) is 18.2 Å². The summed E-state index contributed by atoms with van der Waals surface area (Å²) in [4.78, 5) is 0. The van der Waals surface area contributed by atoms with E-state index in [4.69, 9.17) is 37.9 Å². The molecule has 0 unspecified atom stereocenters. The molecule has 0 aromatic heterocycles. The Kier molecular flexibility index (Phi) is 12.2. The van der Waals surface area contributed by atoms with Crippen molar-refractivity contribution in [2.75, 3.05) is 0 Å². The fourth-order valence-corrected chi connectivity index (χ4v) is 0. The van der Waals surface area contributed by atoms with Crippen LogP contribution in [0.15, 0.2) is 0 Å². The van der Waals surface area contributed by atoms with Crippen molar-refractivity contribution < 1.29 is 65.4 Å². The number of hydrogen-bond donors (Lipinski definition) is 4. The van der Waals surface area contributed by atoms with Gasteiger partial charge in [-0.2, -0.15) is 16.8 Å². The summed E-state index contributed by atoms with van der Waals surface area (Å²) in [5.41, 5.74) is 0. The molecule has 0 aromatic carbocycles. The van der Waals surface area contributed by atoms with Crippen molar-refractivity contribution in [3.8, 4) is 0 Å². The summed E-state index contributed by atoms with van der Waals surface area (Å²) in [6, 6.07) is 0. The van der Waals surface area contributed by atoms with Crippen LogP contribution in [-0.4, -0.2) is 35.0 Å². The normalized spacial score (nSPS) is 9.92. The Hall–Kier alpha value is 0.423. The molecule has 0 heterocycles. The quantitative estimate of drug-likeness (QED) is 0.402. The van der Waals surface area contributed by atoms with Gasteiger partial charge in [0.25, 0.3) is 0 Å². The zero-order valence-electron chi connectivity index (χ0n) is 7.15. The Morgan fingerprint density at radius 2 is 0.750 bits per heavy atom. The van der Waals surface area contributed by atoms with Crippen LogP contribution in [0, 0.1) is 0 Å². The van der Waals surface area contributed by atoms with E-state index in [-0.39, 0.29) is 2.85 Å². The van der Waals surface area contributed by atoms with Crippen LogP contribution in [0.2, 0.25) is 0 Å². The molecule has 0 rings (SSSR count). The summed E-state index contributed by atoms with van der Waals surface area (Å²) in [5, 5.41) is 0. The zero-order valence-corrected chi connectivity index (χ0v) is 9.24. The van der Waals surface area contributed by atoms with E-state index in [1.165, 1.54) is 0 Å². The summed E-state index contributed by atoms with van der Waals surface area (Å²) in [5.74, 6) is 0. The Morgan fingerprint density at radius 1 is 0.750 bits per heavy atom. The van der Waals surface area contributed by atoms with Crippen LogP contribution >= 0.6 is 0 Å². The Labute approximate surface area is 86.2 Å². The third-order valence-electron chi connectivity index (χ3n) is 0. The van der Waals surface area contributed by atoms with Crippen molar-refractivity contribution >= 4 is 20.8 Å². The summed E-state index contributed by atoms with van der Waals surface area (Å²) in [7, 11) is -9.33. The second-order valence-corrected chi connectivity index (χ2v) is 2.69. The first-order valence-corrected chi connectivity index (χ1v) is 5.40. The van der Waals surface area contributed by atoms with Crippen LogP contribution in [0.3, 0.4) is 0 Å². The van der Waals surface area contributed by atoms with Crippen LogP contribution in [0.25, 0.3) is 0 Å². The molecule has 9 nitrogen and oxygen atoms in total. The molecule has 12 heavy (non-hydrogen) atoms. The van der Waals surface area contributed by atoms with E-state index >= 15 is 0 Å². The fraction of sp³-hybridized carbons (Fsp3) is 0. The molecule has 0 saturated heterocycles. The summed E-state index contributed by atoms with van der Waals surface area (Å²) >= 11 is 0.300. The van der Waals surface area contributed by atoms with Crippen molar-refractivity contribution in [3.63, 3.8) is 0 Å². The molecule has 12 heteroatoms. The second kappa shape index (κ2) is 8.04. The van der Waals surface area contributed by atoms with Gasteiger partial charge in [0.1, 0.15) is 0 Å². The molecule has 0 bridgehead atoms. The summed E-state index contributed by atoms with van der Waals surface area (Å²) in [6.45, 7) is 0. The third kappa shape index (κ3) is 5170. The predicted octanol–water partition coefficient (Wildman–Crippen LogP) is -1.20. The molecule has 0 spiro atoms.